The van der Waals surface area contributed by atoms with Gasteiger partial charge in [-0.25, -0.2) is 0 Å². The third kappa shape index (κ3) is 3.45. The van der Waals surface area contributed by atoms with Crippen molar-refractivity contribution in [2.24, 2.45) is 23.7 Å². The van der Waals surface area contributed by atoms with Gasteiger partial charge in [0, 0.05) is 23.2 Å². The number of nitrogens with zero attached hydrogens (tertiary/aromatic N) is 2. The van der Waals surface area contributed by atoms with Crippen molar-refractivity contribution in [3.8, 4) is 17.2 Å². The molecule has 2 fully saturated rings. The molecule has 4 rings (SSSR count). The van der Waals surface area contributed by atoms with Crippen LogP contribution in [-0.2, 0) is 9.53 Å². The molecule has 0 spiro atoms. The van der Waals surface area contributed by atoms with Gasteiger partial charge in [0.15, 0.2) is 0 Å². The number of pyridine rings is 1. The standard InChI is InChI=1S/C24H24N2O2/c1-15-11-23-22(12-24(27)28-23)20(16(15)2)10-9-19-8-7-18(14-26-19)21-6-4-3-5-17(21)13-25/h3-10,14-16,20,22-23H,11-12H2,1-2H3/b10-9+/t15-,16+,20-,22+,23+/m0/s1. The summed E-state index contributed by atoms with van der Waals surface area (Å²) in [5.74, 6) is 1.57. The Kier molecular flexibility index (Phi) is 5.00. The monoisotopic (exact) mass is 372 g/mol. The van der Waals surface area contributed by atoms with E-state index in [2.05, 4.69) is 37.1 Å². The Morgan fingerprint density at radius 1 is 1.21 bits per heavy atom. The van der Waals surface area contributed by atoms with Crippen LogP contribution in [0.4, 0.5) is 0 Å². The number of benzene rings is 1. The molecule has 1 aromatic carbocycles. The molecule has 142 valence electrons. The van der Waals surface area contributed by atoms with E-state index in [1.165, 1.54) is 0 Å². The van der Waals surface area contributed by atoms with Crippen LogP contribution in [0, 0.1) is 35.0 Å². The first-order valence-corrected chi connectivity index (χ1v) is 9.90. The van der Waals surface area contributed by atoms with E-state index in [0.717, 1.165) is 23.2 Å². The molecule has 0 bridgehead atoms. The van der Waals surface area contributed by atoms with Crippen LogP contribution in [0.25, 0.3) is 17.2 Å². The van der Waals surface area contributed by atoms with Gasteiger partial charge in [-0.2, -0.15) is 5.26 Å². The van der Waals surface area contributed by atoms with E-state index in [4.69, 9.17) is 4.74 Å². The zero-order chi connectivity index (χ0) is 19.7. The molecule has 1 aliphatic carbocycles. The molecule has 1 aromatic heterocycles. The lowest BCUT2D eigenvalue weighted by Crippen LogP contribution is -2.38. The SMILES string of the molecule is C[C@H]1[C@H](/C=C/c2ccc(-c3ccccc3C#N)cn2)[C@H]2CC(=O)O[C@@H]2C[C@@H]1C. The van der Waals surface area contributed by atoms with Gasteiger partial charge in [-0.3, -0.25) is 9.78 Å². The smallest absolute Gasteiger partial charge is 0.306 e. The number of rotatable bonds is 3. The molecule has 0 unspecified atom stereocenters. The van der Waals surface area contributed by atoms with Gasteiger partial charge in [0.25, 0.3) is 0 Å². The van der Waals surface area contributed by atoms with E-state index >= 15 is 0 Å². The predicted octanol–water partition coefficient (Wildman–Crippen LogP) is 4.86. The Morgan fingerprint density at radius 2 is 2.04 bits per heavy atom. The lowest BCUT2D eigenvalue weighted by Gasteiger charge is -2.39. The summed E-state index contributed by atoms with van der Waals surface area (Å²) in [5.41, 5.74) is 3.36. The van der Waals surface area contributed by atoms with Crippen LogP contribution in [-0.4, -0.2) is 17.1 Å². The highest BCUT2D eigenvalue weighted by molar-refractivity contribution is 5.72. The number of allylic oxidation sites excluding steroid dienone is 1. The van der Waals surface area contributed by atoms with E-state index in [-0.39, 0.29) is 18.0 Å². The van der Waals surface area contributed by atoms with Crippen molar-refractivity contribution >= 4 is 12.0 Å². The third-order valence-corrected chi connectivity index (χ3v) is 6.40. The van der Waals surface area contributed by atoms with Gasteiger partial charge in [0.2, 0.25) is 0 Å². The van der Waals surface area contributed by atoms with Gasteiger partial charge in [0.1, 0.15) is 6.10 Å². The van der Waals surface area contributed by atoms with Crippen molar-refractivity contribution in [3.05, 3.63) is 59.9 Å². The largest absolute Gasteiger partial charge is 0.462 e. The summed E-state index contributed by atoms with van der Waals surface area (Å²) in [4.78, 5) is 16.4. The first kappa shape index (κ1) is 18.4. The molecule has 5 atom stereocenters. The molecule has 28 heavy (non-hydrogen) atoms. The zero-order valence-corrected chi connectivity index (χ0v) is 16.2. The molecule has 4 heteroatoms. The first-order valence-electron chi connectivity index (χ1n) is 9.90. The van der Waals surface area contributed by atoms with E-state index in [0.29, 0.717) is 29.7 Å². The Bertz CT molecular complexity index is 942. The second-order valence-electron chi connectivity index (χ2n) is 8.03. The van der Waals surface area contributed by atoms with E-state index in [9.17, 15) is 10.1 Å². The van der Waals surface area contributed by atoms with Crippen LogP contribution >= 0.6 is 0 Å². The fourth-order valence-corrected chi connectivity index (χ4v) is 4.61. The molecule has 2 aliphatic rings. The minimum Gasteiger partial charge on any atom is -0.462 e. The maximum Gasteiger partial charge on any atom is 0.306 e. The summed E-state index contributed by atoms with van der Waals surface area (Å²) in [6.45, 7) is 4.52. The van der Waals surface area contributed by atoms with Gasteiger partial charge in [0.05, 0.1) is 23.7 Å². The average molecular weight is 372 g/mol. The minimum atomic E-state index is -0.0617. The van der Waals surface area contributed by atoms with Crippen LogP contribution in [0.1, 0.15) is 37.9 Å². The number of carbonyl (C=O) groups excluding carboxylic acids is 1. The first-order chi connectivity index (χ1) is 13.6. The van der Waals surface area contributed by atoms with Gasteiger partial charge in [-0.1, -0.05) is 44.2 Å². The van der Waals surface area contributed by atoms with Crippen LogP contribution in [0.3, 0.4) is 0 Å². The molecule has 1 saturated heterocycles. The Hall–Kier alpha value is -2.93. The second-order valence-corrected chi connectivity index (χ2v) is 8.03. The van der Waals surface area contributed by atoms with Crippen LogP contribution < -0.4 is 0 Å². The van der Waals surface area contributed by atoms with Crippen molar-refractivity contribution in [2.75, 3.05) is 0 Å². The van der Waals surface area contributed by atoms with Crippen molar-refractivity contribution in [3.63, 3.8) is 0 Å². The second kappa shape index (κ2) is 7.59. The number of ether oxygens (including phenoxy) is 1. The topological polar surface area (TPSA) is 63.0 Å². The lowest BCUT2D eigenvalue weighted by molar-refractivity contribution is -0.142. The number of fused-ring (bicyclic) bond motifs is 1. The summed E-state index contributed by atoms with van der Waals surface area (Å²) >= 11 is 0. The average Bonchev–Trinajstić information content (AvgIpc) is 3.08. The third-order valence-electron chi connectivity index (χ3n) is 6.40. The number of esters is 1. The Morgan fingerprint density at radius 3 is 2.79 bits per heavy atom. The van der Waals surface area contributed by atoms with Crippen LogP contribution in [0.2, 0.25) is 0 Å². The van der Waals surface area contributed by atoms with Crippen molar-refractivity contribution in [1.29, 1.82) is 5.26 Å². The molecule has 0 radical (unpaired) electrons. The van der Waals surface area contributed by atoms with Gasteiger partial charge >= 0.3 is 5.97 Å². The maximum atomic E-state index is 11.8. The molecule has 2 aromatic rings. The molecule has 1 aliphatic heterocycles. The van der Waals surface area contributed by atoms with Crippen molar-refractivity contribution in [1.82, 2.24) is 4.98 Å². The quantitative estimate of drug-likeness (QED) is 0.722. The molecule has 0 amide bonds. The van der Waals surface area contributed by atoms with Gasteiger partial charge < -0.3 is 4.74 Å². The van der Waals surface area contributed by atoms with E-state index < -0.39 is 0 Å². The molecule has 2 heterocycles. The molecule has 1 saturated carbocycles. The lowest BCUT2D eigenvalue weighted by atomic mass is 9.66. The van der Waals surface area contributed by atoms with Crippen LogP contribution in [0.5, 0.6) is 0 Å². The number of hydrogen-bond donors (Lipinski definition) is 0. The molecular formula is C24H24N2O2. The Labute approximate surface area is 165 Å². The van der Waals surface area contributed by atoms with Gasteiger partial charge in [-0.05, 0) is 42.4 Å². The van der Waals surface area contributed by atoms with E-state index in [1.807, 2.05) is 42.6 Å². The number of carbonyl (C=O) groups is 1. The molecule has 0 N–H and O–H groups in total. The highest BCUT2D eigenvalue weighted by Crippen LogP contribution is 2.45. The predicted molar refractivity (Wildman–Crippen MR) is 108 cm³/mol. The van der Waals surface area contributed by atoms with E-state index in [1.54, 1.807) is 0 Å². The fourth-order valence-electron chi connectivity index (χ4n) is 4.61. The molecule has 4 nitrogen and oxygen atoms in total. The van der Waals surface area contributed by atoms with Crippen molar-refractivity contribution in [2.45, 2.75) is 32.8 Å². The number of aromatic nitrogens is 1. The normalized spacial score (nSPS) is 29.3. The number of hydrogen-bond acceptors (Lipinski definition) is 4. The molecular weight excluding hydrogens is 348 g/mol. The highest BCUT2D eigenvalue weighted by atomic mass is 16.5. The highest BCUT2D eigenvalue weighted by Gasteiger charge is 2.46. The summed E-state index contributed by atoms with van der Waals surface area (Å²) < 4.78 is 5.54. The summed E-state index contributed by atoms with van der Waals surface area (Å²) in [5, 5.41) is 9.29. The summed E-state index contributed by atoms with van der Waals surface area (Å²) in [7, 11) is 0. The zero-order valence-electron chi connectivity index (χ0n) is 16.2. The Balaban J connectivity index is 1.54. The fraction of sp³-hybridized carbons (Fsp3) is 0.375. The van der Waals surface area contributed by atoms with Crippen molar-refractivity contribution < 1.29 is 9.53 Å². The maximum absolute atomic E-state index is 11.8. The minimum absolute atomic E-state index is 0.0613. The number of nitriles is 1. The van der Waals surface area contributed by atoms with Crippen LogP contribution in [0.15, 0.2) is 48.7 Å². The van der Waals surface area contributed by atoms with Gasteiger partial charge in [-0.15, -0.1) is 0 Å². The summed E-state index contributed by atoms with van der Waals surface area (Å²) in [6.07, 6.45) is 7.63. The summed E-state index contributed by atoms with van der Waals surface area (Å²) in [6, 6.07) is 13.8.